The summed E-state index contributed by atoms with van der Waals surface area (Å²) in [6.07, 6.45) is 1.70. The summed E-state index contributed by atoms with van der Waals surface area (Å²) < 4.78 is 25.6. The number of carbonyl (C=O) groups excluding carboxylic acids is 2. The third-order valence-corrected chi connectivity index (χ3v) is 5.81. The minimum atomic E-state index is -1.46. The molecule has 3 amide bonds. The quantitative estimate of drug-likeness (QED) is 0.377. The molecule has 5 rings (SSSR count). The van der Waals surface area contributed by atoms with Gasteiger partial charge in [-0.15, -0.1) is 0 Å². The second-order valence-electron chi connectivity index (χ2n) is 7.93. The van der Waals surface area contributed by atoms with E-state index >= 15 is 0 Å². The predicted molar refractivity (Wildman–Crippen MR) is 121 cm³/mol. The van der Waals surface area contributed by atoms with E-state index in [0.29, 0.717) is 28.2 Å². The summed E-state index contributed by atoms with van der Waals surface area (Å²) in [7, 11) is 1.53. The average molecular weight is 461 g/mol. The lowest BCUT2D eigenvalue weighted by atomic mass is 9.89. The SMILES string of the molecule is COc1ccc2cn(C[C@@]3(c4ccc(Oc5ccc(F)cc5)cc4)NC(=O)NC3=O)c(O)c2c1. The van der Waals surface area contributed by atoms with Gasteiger partial charge in [-0.1, -0.05) is 12.1 Å². The van der Waals surface area contributed by atoms with Crippen LogP contribution in [0.15, 0.2) is 72.9 Å². The summed E-state index contributed by atoms with van der Waals surface area (Å²) in [5, 5.41) is 17.1. The number of nitrogens with one attached hydrogen (secondary N) is 2. The zero-order chi connectivity index (χ0) is 23.9. The van der Waals surface area contributed by atoms with Crippen molar-refractivity contribution in [2.24, 2.45) is 0 Å². The van der Waals surface area contributed by atoms with Crippen molar-refractivity contribution in [1.29, 1.82) is 0 Å². The third-order valence-electron chi connectivity index (χ3n) is 5.81. The Hall–Kier alpha value is -4.53. The van der Waals surface area contributed by atoms with Crippen molar-refractivity contribution in [2.45, 2.75) is 12.1 Å². The maximum atomic E-state index is 13.1. The molecule has 0 bridgehead atoms. The van der Waals surface area contributed by atoms with Gasteiger partial charge in [-0.05, 0) is 60.2 Å². The Bertz CT molecular complexity index is 1400. The monoisotopic (exact) mass is 461 g/mol. The van der Waals surface area contributed by atoms with Crippen molar-refractivity contribution in [3.8, 4) is 23.1 Å². The molecule has 8 nitrogen and oxygen atoms in total. The molecule has 0 aliphatic carbocycles. The molecule has 172 valence electrons. The molecule has 3 N–H and O–H groups in total. The maximum Gasteiger partial charge on any atom is 0.322 e. The van der Waals surface area contributed by atoms with Gasteiger partial charge in [0.15, 0.2) is 11.4 Å². The summed E-state index contributed by atoms with van der Waals surface area (Å²) >= 11 is 0. The summed E-state index contributed by atoms with van der Waals surface area (Å²) in [4.78, 5) is 25.1. The van der Waals surface area contributed by atoms with Crippen molar-refractivity contribution >= 4 is 22.7 Å². The largest absolute Gasteiger partial charge is 0.497 e. The van der Waals surface area contributed by atoms with E-state index in [9.17, 15) is 19.1 Å². The van der Waals surface area contributed by atoms with Crippen LogP contribution in [0.1, 0.15) is 5.56 Å². The van der Waals surface area contributed by atoms with Crippen LogP contribution in [-0.4, -0.2) is 28.7 Å². The zero-order valence-electron chi connectivity index (χ0n) is 18.0. The van der Waals surface area contributed by atoms with E-state index in [2.05, 4.69) is 10.6 Å². The van der Waals surface area contributed by atoms with E-state index in [1.54, 1.807) is 48.7 Å². The van der Waals surface area contributed by atoms with Crippen LogP contribution in [0.4, 0.5) is 9.18 Å². The summed E-state index contributed by atoms with van der Waals surface area (Å²) in [5.41, 5.74) is -0.959. The van der Waals surface area contributed by atoms with Crippen LogP contribution in [0.5, 0.6) is 23.1 Å². The lowest BCUT2D eigenvalue weighted by molar-refractivity contribution is -0.124. The maximum absolute atomic E-state index is 13.1. The number of methoxy groups -OCH3 is 1. The molecule has 0 radical (unpaired) electrons. The Balaban J connectivity index is 1.49. The van der Waals surface area contributed by atoms with Crippen molar-refractivity contribution in [1.82, 2.24) is 15.2 Å². The first-order valence-corrected chi connectivity index (χ1v) is 10.4. The van der Waals surface area contributed by atoms with Gasteiger partial charge in [0, 0.05) is 17.0 Å². The summed E-state index contributed by atoms with van der Waals surface area (Å²) in [5.74, 6) is 0.538. The number of aromatic nitrogens is 1. The van der Waals surface area contributed by atoms with Gasteiger partial charge in [-0.2, -0.15) is 0 Å². The zero-order valence-corrected chi connectivity index (χ0v) is 18.0. The first kappa shape index (κ1) is 21.3. The third kappa shape index (κ3) is 3.66. The van der Waals surface area contributed by atoms with Crippen LogP contribution in [0.25, 0.3) is 10.8 Å². The number of fused-ring (bicyclic) bond motifs is 1. The number of urea groups is 1. The number of imide groups is 1. The Morgan fingerprint density at radius 3 is 2.24 bits per heavy atom. The van der Waals surface area contributed by atoms with Crippen LogP contribution in [0.3, 0.4) is 0 Å². The van der Waals surface area contributed by atoms with Gasteiger partial charge in [0.1, 0.15) is 23.1 Å². The molecule has 1 aliphatic rings. The minimum absolute atomic E-state index is 0.0500. The second kappa shape index (κ2) is 8.11. The van der Waals surface area contributed by atoms with Crippen molar-refractivity contribution in [3.63, 3.8) is 0 Å². The second-order valence-corrected chi connectivity index (χ2v) is 7.93. The lowest BCUT2D eigenvalue weighted by Crippen LogP contribution is -2.47. The fourth-order valence-electron chi connectivity index (χ4n) is 4.07. The van der Waals surface area contributed by atoms with E-state index in [1.165, 1.54) is 35.9 Å². The number of benzene rings is 3. The molecule has 0 unspecified atom stereocenters. The fraction of sp³-hybridized carbons (Fsp3) is 0.120. The Labute approximate surface area is 193 Å². The molecular weight excluding hydrogens is 441 g/mol. The number of carbonyl (C=O) groups is 2. The van der Waals surface area contributed by atoms with Crippen LogP contribution < -0.4 is 20.1 Å². The molecule has 0 saturated carbocycles. The van der Waals surface area contributed by atoms with Crippen LogP contribution in [0.2, 0.25) is 0 Å². The number of hydrogen-bond donors (Lipinski definition) is 3. The van der Waals surface area contributed by atoms with Gasteiger partial charge in [0.05, 0.1) is 13.7 Å². The average Bonchev–Trinajstić information content (AvgIpc) is 3.30. The molecule has 4 aromatic rings. The van der Waals surface area contributed by atoms with E-state index in [4.69, 9.17) is 9.47 Å². The molecular formula is C25H20FN3O5. The van der Waals surface area contributed by atoms with Gasteiger partial charge in [0.25, 0.3) is 5.91 Å². The first-order chi connectivity index (χ1) is 16.4. The standard InChI is InChI=1S/C25H20FN3O5/c1-33-20-7-2-15-13-29(22(30)21(15)12-20)14-25(23(31)27-24(32)28-25)16-3-8-18(9-4-16)34-19-10-5-17(26)6-11-19/h2-13,30H,14H2,1H3,(H2,27,28,31,32)/t25-/m0/s1. The summed E-state index contributed by atoms with van der Waals surface area (Å²) in [6, 6.07) is 16.8. The van der Waals surface area contributed by atoms with Crippen molar-refractivity contribution in [3.05, 3.63) is 84.3 Å². The van der Waals surface area contributed by atoms with Crippen LogP contribution in [0, 0.1) is 5.82 Å². The molecule has 1 fully saturated rings. The van der Waals surface area contributed by atoms with Crippen LogP contribution in [-0.2, 0) is 16.9 Å². The van der Waals surface area contributed by atoms with E-state index in [-0.39, 0.29) is 18.2 Å². The molecule has 1 aliphatic heterocycles. The highest BCUT2D eigenvalue weighted by Gasteiger charge is 2.48. The van der Waals surface area contributed by atoms with Gasteiger partial charge in [-0.25, -0.2) is 9.18 Å². The lowest BCUT2D eigenvalue weighted by Gasteiger charge is -2.27. The number of halogens is 1. The number of aromatic hydroxyl groups is 1. The number of ether oxygens (including phenoxy) is 2. The van der Waals surface area contributed by atoms with Gasteiger partial charge < -0.3 is 24.5 Å². The van der Waals surface area contributed by atoms with Gasteiger partial charge >= 0.3 is 6.03 Å². The molecule has 1 atom stereocenters. The van der Waals surface area contributed by atoms with E-state index in [1.807, 2.05) is 0 Å². The van der Waals surface area contributed by atoms with Gasteiger partial charge in [-0.3, -0.25) is 10.1 Å². The highest BCUT2D eigenvalue weighted by atomic mass is 19.1. The molecule has 9 heteroatoms. The Kier molecular flexibility index (Phi) is 5.09. The van der Waals surface area contributed by atoms with E-state index < -0.39 is 17.5 Å². The Morgan fingerprint density at radius 2 is 1.62 bits per heavy atom. The normalized spacial score (nSPS) is 17.5. The number of nitrogens with zero attached hydrogens (tertiary/aromatic N) is 1. The molecule has 2 heterocycles. The minimum Gasteiger partial charge on any atom is -0.497 e. The topological polar surface area (TPSA) is 102 Å². The number of hydrogen-bond acceptors (Lipinski definition) is 5. The molecule has 3 aromatic carbocycles. The fourth-order valence-corrected chi connectivity index (χ4v) is 4.07. The van der Waals surface area contributed by atoms with Crippen LogP contribution >= 0.6 is 0 Å². The molecule has 0 spiro atoms. The smallest absolute Gasteiger partial charge is 0.322 e. The predicted octanol–water partition coefficient (Wildman–Crippen LogP) is 4.02. The van der Waals surface area contributed by atoms with Crippen molar-refractivity contribution in [2.75, 3.05) is 7.11 Å². The van der Waals surface area contributed by atoms with Gasteiger partial charge in [0.2, 0.25) is 0 Å². The highest BCUT2D eigenvalue weighted by Crippen LogP contribution is 2.35. The highest BCUT2D eigenvalue weighted by molar-refractivity contribution is 6.07. The Morgan fingerprint density at radius 1 is 0.971 bits per heavy atom. The number of rotatable bonds is 6. The molecule has 1 aromatic heterocycles. The van der Waals surface area contributed by atoms with E-state index in [0.717, 1.165) is 5.39 Å². The molecule has 1 saturated heterocycles. The summed E-state index contributed by atoms with van der Waals surface area (Å²) in [6.45, 7) is -0.0500. The first-order valence-electron chi connectivity index (χ1n) is 10.4. The van der Waals surface area contributed by atoms with Crippen molar-refractivity contribution < 1.29 is 28.6 Å². The number of amides is 3. The molecule has 34 heavy (non-hydrogen) atoms.